The van der Waals surface area contributed by atoms with E-state index in [9.17, 15) is 0 Å². The fourth-order valence-electron chi connectivity index (χ4n) is 14.2. The Kier molecular flexibility index (Phi) is 29.0. The molecular formula is C75H132N14O3P4+2. The summed E-state index contributed by atoms with van der Waals surface area (Å²) in [6.07, 6.45) is 1.83. The number of benzene rings is 5. The van der Waals surface area contributed by atoms with Crippen molar-refractivity contribution in [1.29, 1.82) is 0 Å². The second-order valence-electron chi connectivity index (χ2n) is 31.7. The highest BCUT2D eigenvalue weighted by Crippen LogP contribution is 2.61. The normalized spacial score (nSPS) is 14.0. The number of aryl methyl sites for hydroxylation is 2. The van der Waals surface area contributed by atoms with Gasteiger partial charge in [-0.15, -0.1) is 0 Å². The van der Waals surface area contributed by atoms with Crippen LogP contribution in [0.15, 0.2) is 103 Å². The van der Waals surface area contributed by atoms with E-state index >= 15 is 0 Å². The van der Waals surface area contributed by atoms with Crippen LogP contribution in [0.1, 0.15) is 165 Å². The number of anilines is 3. The van der Waals surface area contributed by atoms with Gasteiger partial charge in [-0.25, -0.2) is 51.7 Å². The summed E-state index contributed by atoms with van der Waals surface area (Å²) in [7, 11) is 29.4. The highest BCUT2D eigenvalue weighted by atomic mass is 31.2. The second-order valence-corrected chi connectivity index (χ2v) is 46.6. The lowest BCUT2D eigenvalue weighted by atomic mass is 9.94. The van der Waals surface area contributed by atoms with Crippen LogP contribution in [-0.2, 0) is 32.1 Å². The van der Waals surface area contributed by atoms with E-state index in [2.05, 4.69) is 399 Å². The fourth-order valence-corrected chi connectivity index (χ4v) is 30.3. The van der Waals surface area contributed by atoms with Crippen molar-refractivity contribution in [3.63, 3.8) is 0 Å². The molecular weight excluding hydrogens is 1270 g/mol. The molecule has 0 radical (unpaired) electrons. The first-order valence-corrected chi connectivity index (χ1v) is 40.9. The molecule has 0 bridgehead atoms. The summed E-state index contributed by atoms with van der Waals surface area (Å²) >= 11 is 0. The highest BCUT2D eigenvalue weighted by Gasteiger charge is 2.46. The van der Waals surface area contributed by atoms with Crippen LogP contribution in [0.25, 0.3) is 0 Å². The van der Waals surface area contributed by atoms with Crippen molar-refractivity contribution in [2.45, 2.75) is 176 Å². The quantitative estimate of drug-likeness (QED) is 0.0390. The van der Waals surface area contributed by atoms with Crippen LogP contribution in [0.5, 0.6) is 0 Å². The van der Waals surface area contributed by atoms with Gasteiger partial charge in [0.1, 0.15) is 5.54 Å². The van der Waals surface area contributed by atoms with Crippen molar-refractivity contribution in [3.8, 4) is 0 Å². The molecule has 0 aromatic heterocycles. The molecule has 0 amide bonds. The third kappa shape index (κ3) is 20.1. The Hall–Kier alpha value is -4.59. The van der Waals surface area contributed by atoms with Crippen LogP contribution in [0.3, 0.4) is 0 Å². The first-order chi connectivity index (χ1) is 44.0. The van der Waals surface area contributed by atoms with Crippen LogP contribution in [-0.4, -0.2) is 186 Å². The molecule has 0 saturated carbocycles. The summed E-state index contributed by atoms with van der Waals surface area (Å²) in [6, 6.07) is 40.3. The van der Waals surface area contributed by atoms with Crippen molar-refractivity contribution >= 4 is 52.9 Å². The topological polar surface area (TPSA) is 151 Å². The van der Waals surface area contributed by atoms with Gasteiger partial charge in [0.15, 0.2) is 16.6 Å². The largest absolute Gasteiger partial charge is 0.652 e. The molecule has 4 N–H and O–H groups in total. The van der Waals surface area contributed by atoms with Crippen molar-refractivity contribution in [2.75, 3.05) is 134 Å². The molecule has 0 heterocycles. The Morgan fingerprint density at radius 2 is 0.750 bits per heavy atom. The van der Waals surface area contributed by atoms with E-state index in [0.717, 1.165) is 32.1 Å². The van der Waals surface area contributed by atoms with Crippen LogP contribution in [0.4, 0.5) is 21.9 Å². The third-order valence-electron chi connectivity index (χ3n) is 17.9. The Morgan fingerprint density at radius 3 is 1.08 bits per heavy atom. The van der Waals surface area contributed by atoms with Crippen LogP contribution in [0.2, 0.25) is 0 Å². The van der Waals surface area contributed by atoms with Crippen LogP contribution in [0, 0.1) is 6.92 Å². The Morgan fingerprint density at radius 1 is 0.417 bits per heavy atom. The van der Waals surface area contributed by atoms with Gasteiger partial charge in [0.2, 0.25) is 7.36 Å². The fraction of sp³-hybridized carbons (Fsp3) is 0.587. The minimum absolute atomic E-state index is 0.0875. The number of nitrogens with zero attached hydrogens (tertiary/aromatic N) is 10. The van der Waals surface area contributed by atoms with Crippen molar-refractivity contribution in [1.82, 2.24) is 32.7 Å². The summed E-state index contributed by atoms with van der Waals surface area (Å²) in [6.45, 7) is 37.3. The van der Waals surface area contributed by atoms with Crippen LogP contribution >= 0.6 is 29.7 Å². The van der Waals surface area contributed by atoms with E-state index in [1.165, 1.54) is 72.7 Å². The maximum Gasteiger partial charge on any atom is 0.335 e. The molecule has 2 atom stereocenters. The van der Waals surface area contributed by atoms with Gasteiger partial charge >= 0.3 is 15.0 Å². The van der Waals surface area contributed by atoms with Crippen molar-refractivity contribution in [3.05, 3.63) is 159 Å². The van der Waals surface area contributed by atoms with Gasteiger partial charge in [0, 0.05) is 33.3 Å². The summed E-state index contributed by atoms with van der Waals surface area (Å²) in [4.78, 5) is 8.33. The summed E-state index contributed by atoms with van der Waals surface area (Å²) in [5, 5.41) is 16.7. The van der Waals surface area contributed by atoms with E-state index in [0.29, 0.717) is 0 Å². The highest BCUT2D eigenvalue weighted by molar-refractivity contribution is 7.63. The molecule has 0 aliphatic rings. The number of carboxylic acid groups (broad SMARTS) is 2. The molecule has 5 rings (SSSR count). The molecule has 0 spiro atoms. The molecule has 0 fully saturated rings. The molecule has 17 nitrogen and oxygen atoms in total. The van der Waals surface area contributed by atoms with Crippen molar-refractivity contribution < 1.29 is 34.0 Å². The molecule has 21 heteroatoms. The van der Waals surface area contributed by atoms with Crippen LogP contribution < -0.4 is 43.2 Å². The molecule has 5 aromatic rings. The molecule has 96 heavy (non-hydrogen) atoms. The van der Waals surface area contributed by atoms with Gasteiger partial charge in [-0.05, 0) is 294 Å². The van der Waals surface area contributed by atoms with E-state index in [1.54, 1.807) is 0 Å². The van der Waals surface area contributed by atoms with Gasteiger partial charge in [0.05, 0.1) is 22.7 Å². The lowest BCUT2D eigenvalue weighted by Gasteiger charge is -2.41. The first-order valence-electron chi connectivity index (χ1n) is 34.1. The van der Waals surface area contributed by atoms with Gasteiger partial charge in [-0.3, -0.25) is 14.0 Å². The summed E-state index contributed by atoms with van der Waals surface area (Å²) in [5.41, 5.74) is 16.8. The zero-order chi connectivity index (χ0) is 73.4. The summed E-state index contributed by atoms with van der Waals surface area (Å²) in [5.74, 6) is 0. The zero-order valence-electron chi connectivity index (χ0n) is 66.0. The minimum Gasteiger partial charge on any atom is -0.652 e. The number of carbonyl (C=O) groups is 1. The maximum absolute atomic E-state index is 8.33. The number of hydrogen-bond acceptors (Lipinski definition) is 3. The lowest BCUT2D eigenvalue weighted by Crippen LogP contribution is -2.84. The number of hydrogen-bond donors (Lipinski definition) is 4. The second kappa shape index (κ2) is 33.3. The zero-order valence-corrected chi connectivity index (χ0v) is 69.6. The molecule has 0 aliphatic heterocycles. The average molecular weight is 1400 g/mol. The van der Waals surface area contributed by atoms with Gasteiger partial charge < -0.3 is 15.0 Å². The van der Waals surface area contributed by atoms with Crippen molar-refractivity contribution in [2.24, 2.45) is 0 Å². The molecule has 2 unspecified atom stereocenters. The monoisotopic (exact) mass is 1400 g/mol. The van der Waals surface area contributed by atoms with E-state index in [1.807, 2.05) is 0 Å². The number of rotatable bonds is 26. The Labute approximate surface area is 585 Å². The standard InChI is InChI=1S/C74H128N14P4.CH2O3/c1-34-59-42-45-65(69(52-59)87(32)91(82(23)24,83(25)26)76-72(9,10)11)50-63-44-47-66(70(54-63)88(33)92(84(27)28,85(29)30)77-73(12,13)14)49-62-43-46-64(48-61-41-40-57(4)67(51-61)58(5)90(80(19)20,81(21)22)75-71(6,7)8)68(53-62)86(31)89(56(2)3,79(17)18)78-74(15,16)55-60-38-36-35-37-39-60;2-1(3)4/h35-47,51-54,56,58H,34,48-50,55H2,1-33H3;(H2,2,3,4)/p+2. The molecule has 5 aromatic carbocycles. The van der Waals surface area contributed by atoms with E-state index in [4.69, 9.17) is 15.0 Å². The van der Waals surface area contributed by atoms with Gasteiger partial charge in [-0.2, -0.15) is 0 Å². The predicted octanol–water partition coefficient (Wildman–Crippen LogP) is 9.29. The molecule has 0 saturated heterocycles. The van der Waals surface area contributed by atoms with E-state index in [-0.39, 0.29) is 33.5 Å². The average Bonchev–Trinajstić information content (AvgIpc) is 0.774. The lowest BCUT2D eigenvalue weighted by molar-refractivity contribution is -0.528. The Balaban J connectivity index is 0.00000476. The van der Waals surface area contributed by atoms with Gasteiger partial charge in [-0.1, -0.05) is 106 Å². The maximum atomic E-state index is 8.33. The van der Waals surface area contributed by atoms with E-state index < -0.39 is 35.9 Å². The first kappa shape index (κ1) is 83.8. The minimum atomic E-state index is -2.42. The smallest absolute Gasteiger partial charge is 0.335 e. The summed E-state index contributed by atoms with van der Waals surface area (Å²) < 4.78 is 42.1. The molecule has 0 aliphatic carbocycles. The molecule has 538 valence electrons. The van der Waals surface area contributed by atoms with Gasteiger partial charge in [0.25, 0.3) is 7.36 Å². The predicted molar refractivity (Wildman–Crippen MR) is 413 cm³/mol. The number of carbonyl (C=O) groups excluding carboxylic acids is 1. The Bertz CT molecular complexity index is 3600. The third-order valence-corrected chi connectivity index (χ3v) is 36.0. The SMILES string of the molecule is CCc1ccc(Cc2ccc(Cc3ccc(Cc4ccc(C)c(C(C)P(=[NH+]C(C)(C)C)(N(C)C)N(C)C)c4)c(N(C)P(=[NH+]C(C)(C)Cc4ccccc4)(C(C)C)N(C)C)c3)c(N(C)P(=[NH+]C(C)(C)C)(N(C)C)N(C)C)c2)c(N(C)P(=[NH+]C(C)(C)C)(N(C)C)N(C)C)c1.O=C([O-])[O-]. The number of nitrogens with one attached hydrogen (secondary N) is 4.